The number of aliphatic hydroxyl groups is 1. The third-order valence-electron chi connectivity index (χ3n) is 4.28. The molecule has 0 saturated heterocycles. The monoisotopic (exact) mass is 284 g/mol. The minimum atomic E-state index is -0.248. The molecule has 2 aromatic rings. The van der Waals surface area contributed by atoms with Crippen LogP contribution in [0.25, 0.3) is 11.1 Å². The minimum absolute atomic E-state index is 0.00176. The fourth-order valence-corrected chi connectivity index (χ4v) is 3.04. The molecular formula is C18H20O3. The van der Waals surface area contributed by atoms with Gasteiger partial charge in [0.15, 0.2) is 0 Å². The highest BCUT2D eigenvalue weighted by molar-refractivity contribution is 5.75. The van der Waals surface area contributed by atoms with Gasteiger partial charge in [0.25, 0.3) is 0 Å². The quantitative estimate of drug-likeness (QED) is 0.939. The second-order valence-corrected chi connectivity index (χ2v) is 5.92. The van der Waals surface area contributed by atoms with Crippen LogP contribution in [0.2, 0.25) is 0 Å². The average Bonchev–Trinajstić information content (AvgIpc) is 2.78. The fourth-order valence-electron chi connectivity index (χ4n) is 3.04. The van der Waals surface area contributed by atoms with Gasteiger partial charge in [0.1, 0.15) is 17.6 Å². The molecule has 0 saturated carbocycles. The Balaban J connectivity index is 2.24. The zero-order valence-electron chi connectivity index (χ0n) is 12.6. The molecule has 3 nitrogen and oxygen atoms in total. The van der Waals surface area contributed by atoms with Crippen LogP contribution in [-0.2, 0) is 5.41 Å². The van der Waals surface area contributed by atoms with Gasteiger partial charge >= 0.3 is 0 Å². The lowest BCUT2D eigenvalue weighted by Gasteiger charge is -2.25. The van der Waals surface area contributed by atoms with Crippen LogP contribution in [0, 0.1) is 0 Å². The fraction of sp³-hybridized carbons (Fsp3) is 0.333. The Morgan fingerprint density at radius 1 is 1.19 bits per heavy atom. The van der Waals surface area contributed by atoms with Crippen LogP contribution in [0.5, 0.6) is 11.5 Å². The average molecular weight is 284 g/mol. The van der Waals surface area contributed by atoms with E-state index in [0.29, 0.717) is 0 Å². The van der Waals surface area contributed by atoms with Crippen molar-refractivity contribution in [2.24, 2.45) is 0 Å². The third-order valence-corrected chi connectivity index (χ3v) is 4.28. The van der Waals surface area contributed by atoms with Gasteiger partial charge in [0.2, 0.25) is 0 Å². The lowest BCUT2D eigenvalue weighted by molar-refractivity contribution is 0.0888. The molecule has 1 atom stereocenters. The molecule has 110 valence electrons. The molecule has 1 N–H and O–H groups in total. The van der Waals surface area contributed by atoms with Gasteiger partial charge in [0, 0.05) is 17.0 Å². The van der Waals surface area contributed by atoms with E-state index in [0.717, 1.165) is 28.2 Å². The van der Waals surface area contributed by atoms with Crippen LogP contribution in [-0.4, -0.2) is 24.9 Å². The number of ether oxygens (including phenoxy) is 2. The van der Waals surface area contributed by atoms with Gasteiger partial charge in [-0.15, -0.1) is 0 Å². The van der Waals surface area contributed by atoms with Crippen LogP contribution in [0.15, 0.2) is 42.5 Å². The molecule has 0 amide bonds. The molecule has 3 rings (SSSR count). The SMILES string of the molecule is COc1cc2c(c(-c3ccccc3)c1)C(C)(C)[C@@H](CO)O2. The molecule has 1 aliphatic rings. The van der Waals surface area contributed by atoms with E-state index in [4.69, 9.17) is 9.47 Å². The van der Waals surface area contributed by atoms with Crippen molar-refractivity contribution in [2.75, 3.05) is 13.7 Å². The molecule has 0 fully saturated rings. The maximum Gasteiger partial charge on any atom is 0.131 e. The maximum atomic E-state index is 9.61. The summed E-state index contributed by atoms with van der Waals surface area (Å²) in [5, 5.41) is 9.61. The van der Waals surface area contributed by atoms with E-state index in [9.17, 15) is 5.11 Å². The standard InChI is InChI=1S/C18H20O3/c1-18(2)16(11-19)21-15-10-13(20-3)9-14(17(15)18)12-7-5-4-6-8-12/h4-10,16,19H,11H2,1-3H3/t16-/m1/s1. The smallest absolute Gasteiger partial charge is 0.131 e. The lowest BCUT2D eigenvalue weighted by atomic mass is 9.77. The summed E-state index contributed by atoms with van der Waals surface area (Å²) in [6, 6.07) is 14.1. The highest BCUT2D eigenvalue weighted by atomic mass is 16.5. The predicted molar refractivity (Wildman–Crippen MR) is 83.0 cm³/mol. The normalized spacial score (nSPS) is 19.0. The number of hydrogen-bond donors (Lipinski definition) is 1. The molecule has 0 aliphatic carbocycles. The Morgan fingerprint density at radius 2 is 1.90 bits per heavy atom. The van der Waals surface area contributed by atoms with E-state index in [-0.39, 0.29) is 18.1 Å². The predicted octanol–water partition coefficient (Wildman–Crippen LogP) is 3.39. The van der Waals surface area contributed by atoms with Gasteiger partial charge in [-0.2, -0.15) is 0 Å². The first kappa shape index (κ1) is 14.0. The summed E-state index contributed by atoms with van der Waals surface area (Å²) in [5.41, 5.74) is 3.11. The number of hydrogen-bond acceptors (Lipinski definition) is 3. The molecule has 1 heterocycles. The van der Waals surface area contributed by atoms with Gasteiger partial charge < -0.3 is 14.6 Å². The van der Waals surface area contributed by atoms with Gasteiger partial charge in [-0.1, -0.05) is 44.2 Å². The topological polar surface area (TPSA) is 38.7 Å². The lowest BCUT2D eigenvalue weighted by Crippen LogP contribution is -2.35. The summed E-state index contributed by atoms with van der Waals surface area (Å²) in [6.45, 7) is 4.22. The molecule has 21 heavy (non-hydrogen) atoms. The highest BCUT2D eigenvalue weighted by Gasteiger charge is 2.43. The van der Waals surface area contributed by atoms with E-state index in [1.165, 1.54) is 0 Å². The van der Waals surface area contributed by atoms with Crippen molar-refractivity contribution in [1.29, 1.82) is 0 Å². The Morgan fingerprint density at radius 3 is 2.52 bits per heavy atom. The maximum absolute atomic E-state index is 9.61. The van der Waals surface area contributed by atoms with Crippen LogP contribution >= 0.6 is 0 Å². The summed E-state index contributed by atoms with van der Waals surface area (Å²) in [5.74, 6) is 1.57. The van der Waals surface area contributed by atoms with Crippen molar-refractivity contribution in [3.63, 3.8) is 0 Å². The van der Waals surface area contributed by atoms with E-state index in [2.05, 4.69) is 26.0 Å². The highest BCUT2D eigenvalue weighted by Crippen LogP contribution is 2.49. The first-order chi connectivity index (χ1) is 10.1. The van der Waals surface area contributed by atoms with E-state index >= 15 is 0 Å². The first-order valence-electron chi connectivity index (χ1n) is 7.13. The number of aliphatic hydroxyl groups excluding tert-OH is 1. The van der Waals surface area contributed by atoms with Crippen molar-refractivity contribution in [1.82, 2.24) is 0 Å². The Labute approximate surface area is 125 Å². The van der Waals surface area contributed by atoms with Gasteiger partial charge in [0.05, 0.1) is 13.7 Å². The number of fused-ring (bicyclic) bond motifs is 1. The van der Waals surface area contributed by atoms with Crippen LogP contribution in [0.1, 0.15) is 19.4 Å². The van der Waals surface area contributed by atoms with Crippen molar-refractivity contribution >= 4 is 0 Å². The van der Waals surface area contributed by atoms with Crippen molar-refractivity contribution in [3.05, 3.63) is 48.0 Å². The van der Waals surface area contributed by atoms with E-state index < -0.39 is 0 Å². The third kappa shape index (κ3) is 2.18. The zero-order chi connectivity index (χ0) is 15.0. The number of methoxy groups -OCH3 is 1. The largest absolute Gasteiger partial charge is 0.497 e. The zero-order valence-corrected chi connectivity index (χ0v) is 12.6. The molecule has 0 aromatic heterocycles. The summed E-state index contributed by atoms with van der Waals surface area (Å²) in [4.78, 5) is 0. The first-order valence-corrected chi connectivity index (χ1v) is 7.13. The molecule has 0 spiro atoms. The number of benzene rings is 2. The van der Waals surface area contributed by atoms with Gasteiger partial charge in [-0.3, -0.25) is 0 Å². The van der Waals surface area contributed by atoms with Crippen molar-refractivity contribution in [3.8, 4) is 22.6 Å². The summed E-state index contributed by atoms with van der Waals surface area (Å²) in [6.07, 6.45) is -0.234. The van der Waals surface area contributed by atoms with Crippen molar-refractivity contribution in [2.45, 2.75) is 25.4 Å². The van der Waals surface area contributed by atoms with E-state index in [1.54, 1.807) is 7.11 Å². The van der Waals surface area contributed by atoms with E-state index in [1.807, 2.05) is 30.3 Å². The van der Waals surface area contributed by atoms with Crippen LogP contribution in [0.4, 0.5) is 0 Å². The molecule has 1 aliphatic heterocycles. The molecule has 3 heteroatoms. The molecule has 0 unspecified atom stereocenters. The Kier molecular flexibility index (Phi) is 3.38. The summed E-state index contributed by atoms with van der Waals surface area (Å²) >= 11 is 0. The summed E-state index contributed by atoms with van der Waals surface area (Å²) in [7, 11) is 1.65. The van der Waals surface area contributed by atoms with Gasteiger partial charge in [-0.05, 0) is 17.2 Å². The minimum Gasteiger partial charge on any atom is -0.497 e. The second kappa shape index (κ2) is 5.08. The molecule has 0 radical (unpaired) electrons. The molecular weight excluding hydrogens is 264 g/mol. The van der Waals surface area contributed by atoms with Crippen molar-refractivity contribution < 1.29 is 14.6 Å². The van der Waals surface area contributed by atoms with Gasteiger partial charge in [-0.25, -0.2) is 0 Å². The second-order valence-electron chi connectivity index (χ2n) is 5.92. The molecule has 0 bridgehead atoms. The number of rotatable bonds is 3. The Bertz CT molecular complexity index is 647. The summed E-state index contributed by atoms with van der Waals surface area (Å²) < 4.78 is 11.3. The Hall–Kier alpha value is -2.00. The van der Waals surface area contributed by atoms with Crippen LogP contribution in [0.3, 0.4) is 0 Å². The van der Waals surface area contributed by atoms with Crippen LogP contribution < -0.4 is 9.47 Å². The molecule has 2 aromatic carbocycles.